The van der Waals surface area contributed by atoms with E-state index >= 15 is 0 Å². The third-order valence-electron chi connectivity index (χ3n) is 4.62. The van der Waals surface area contributed by atoms with E-state index in [1.165, 1.54) is 5.38 Å². The van der Waals surface area contributed by atoms with Gasteiger partial charge in [-0.05, 0) is 43.1 Å². The summed E-state index contributed by atoms with van der Waals surface area (Å²) in [5.74, 6) is -2.44. The number of nitrogens with zero attached hydrogens (tertiary/aromatic N) is 1. The fourth-order valence-corrected chi connectivity index (χ4v) is 3.81. The molecule has 3 aromatic rings. The molecule has 0 aliphatic rings. The first-order valence-corrected chi connectivity index (χ1v) is 10.3. The van der Waals surface area contributed by atoms with Gasteiger partial charge in [-0.15, -0.1) is 11.3 Å². The van der Waals surface area contributed by atoms with Gasteiger partial charge in [0.25, 0.3) is 5.91 Å². The lowest BCUT2D eigenvalue weighted by Gasteiger charge is -2.04. The summed E-state index contributed by atoms with van der Waals surface area (Å²) in [6, 6.07) is 4.83. The maximum absolute atomic E-state index is 12.7. The predicted octanol–water partition coefficient (Wildman–Crippen LogP) is 1.91. The highest BCUT2D eigenvalue weighted by atomic mass is 32.1. The zero-order valence-electron chi connectivity index (χ0n) is 16.4. The largest absolute Gasteiger partial charge is 0.477 e. The zero-order valence-corrected chi connectivity index (χ0v) is 17.3. The summed E-state index contributed by atoms with van der Waals surface area (Å²) in [7, 11) is 0. The van der Waals surface area contributed by atoms with Gasteiger partial charge in [0.2, 0.25) is 5.91 Å². The van der Waals surface area contributed by atoms with Gasteiger partial charge in [-0.2, -0.15) is 0 Å². The van der Waals surface area contributed by atoms with Crippen molar-refractivity contribution < 1.29 is 24.3 Å². The first kappa shape index (κ1) is 22.1. The summed E-state index contributed by atoms with van der Waals surface area (Å²) < 4.78 is 0. The molecule has 0 spiro atoms. The number of Topliss-reactive ketones (excluding diaryl/α,β-unsaturated/α-hetero) is 1. The zero-order chi connectivity index (χ0) is 22.5. The number of carboxylic acid groups (broad SMARTS) is 1. The molecule has 7 N–H and O–H groups in total. The second-order valence-electron chi connectivity index (χ2n) is 6.82. The number of amides is 2. The van der Waals surface area contributed by atoms with Crippen molar-refractivity contribution in [2.75, 3.05) is 11.9 Å². The van der Waals surface area contributed by atoms with Crippen molar-refractivity contribution in [2.24, 2.45) is 11.5 Å². The number of carbonyl (C=O) groups is 4. The van der Waals surface area contributed by atoms with Crippen LogP contribution < -0.4 is 16.8 Å². The molecule has 0 aliphatic heterocycles. The third-order valence-corrected chi connectivity index (χ3v) is 5.38. The molecule has 2 aromatic heterocycles. The van der Waals surface area contributed by atoms with E-state index in [1.54, 1.807) is 18.2 Å². The highest BCUT2D eigenvalue weighted by Gasteiger charge is 2.19. The Morgan fingerprint density at radius 2 is 1.97 bits per heavy atom. The monoisotopic (exact) mass is 443 g/mol. The van der Waals surface area contributed by atoms with Gasteiger partial charge >= 0.3 is 5.97 Å². The number of H-pyrrole nitrogens is 1. The van der Waals surface area contributed by atoms with E-state index in [9.17, 15) is 24.3 Å². The Labute approximate surface area is 180 Å². The van der Waals surface area contributed by atoms with Crippen molar-refractivity contribution in [3.63, 3.8) is 0 Å². The molecule has 2 amide bonds. The van der Waals surface area contributed by atoms with Crippen LogP contribution in [0.5, 0.6) is 0 Å². The summed E-state index contributed by atoms with van der Waals surface area (Å²) in [4.78, 5) is 54.0. The molecule has 2 heterocycles. The summed E-state index contributed by atoms with van der Waals surface area (Å²) >= 11 is 1.08. The molecule has 0 unspecified atom stereocenters. The number of fused-ring (bicyclic) bond motifs is 1. The molecular weight excluding hydrogens is 422 g/mol. The van der Waals surface area contributed by atoms with E-state index in [0.717, 1.165) is 11.3 Å². The molecule has 0 radical (unpaired) electrons. The van der Waals surface area contributed by atoms with Crippen molar-refractivity contribution >= 4 is 50.9 Å². The number of nitrogens with one attached hydrogen (secondary N) is 2. The van der Waals surface area contributed by atoms with E-state index in [4.69, 9.17) is 11.5 Å². The number of nitrogens with two attached hydrogens (primary N) is 2. The van der Waals surface area contributed by atoms with Gasteiger partial charge in [-0.25, -0.2) is 9.78 Å². The minimum atomic E-state index is -1.08. The van der Waals surface area contributed by atoms with Crippen LogP contribution in [0, 0.1) is 0 Å². The predicted molar refractivity (Wildman–Crippen MR) is 115 cm³/mol. The maximum atomic E-state index is 12.7. The van der Waals surface area contributed by atoms with Crippen LogP contribution in [0.25, 0.3) is 10.9 Å². The van der Waals surface area contributed by atoms with Crippen molar-refractivity contribution in [2.45, 2.75) is 25.7 Å². The molecule has 1 aromatic carbocycles. The Morgan fingerprint density at radius 1 is 1.19 bits per heavy atom. The van der Waals surface area contributed by atoms with Gasteiger partial charge < -0.3 is 21.6 Å². The second kappa shape index (κ2) is 9.49. The molecule has 0 aliphatic carbocycles. The first-order valence-electron chi connectivity index (χ1n) is 9.46. The number of aromatic amines is 1. The lowest BCUT2D eigenvalue weighted by Crippen LogP contribution is -2.13. The molecule has 0 saturated heterocycles. The molecule has 10 nitrogen and oxygen atoms in total. The van der Waals surface area contributed by atoms with Crippen LogP contribution in [0.3, 0.4) is 0 Å². The minimum absolute atomic E-state index is 0.0475. The number of benzene rings is 1. The molecule has 0 saturated carbocycles. The minimum Gasteiger partial charge on any atom is -0.477 e. The number of anilines is 1. The van der Waals surface area contributed by atoms with Gasteiger partial charge in [-0.3, -0.25) is 19.7 Å². The molecule has 3 rings (SSSR count). The lowest BCUT2D eigenvalue weighted by atomic mass is 10.0. The number of aromatic carboxylic acids is 1. The Hall–Kier alpha value is -3.57. The van der Waals surface area contributed by atoms with Gasteiger partial charge in [-0.1, -0.05) is 0 Å². The highest BCUT2D eigenvalue weighted by Crippen LogP contribution is 2.26. The van der Waals surface area contributed by atoms with Crippen molar-refractivity contribution in [3.05, 3.63) is 46.1 Å². The molecule has 162 valence electrons. The highest BCUT2D eigenvalue weighted by molar-refractivity contribution is 7.14. The summed E-state index contributed by atoms with van der Waals surface area (Å²) in [5, 5.41) is 14.5. The standard InChI is InChI=1S/C20H21N5O5S/c21-7-1-2-11-12-8-10(3-4-13(12)23-17(11)19(29)30)18(28)25-20-24-14(9-31-20)15(26)5-6-16(22)27/h3-4,8-9,23H,1-2,5-7,21H2,(H2,22,27)(H,29,30)(H,24,25,28). The number of aryl methyl sites for hydroxylation is 1. The van der Waals surface area contributed by atoms with Crippen LogP contribution >= 0.6 is 11.3 Å². The van der Waals surface area contributed by atoms with E-state index in [2.05, 4.69) is 15.3 Å². The van der Waals surface area contributed by atoms with Crippen molar-refractivity contribution in [3.8, 4) is 0 Å². The van der Waals surface area contributed by atoms with E-state index in [1.807, 2.05) is 0 Å². The van der Waals surface area contributed by atoms with E-state index in [-0.39, 0.29) is 35.1 Å². The Kier molecular flexibility index (Phi) is 6.78. The van der Waals surface area contributed by atoms with Crippen LogP contribution in [0.2, 0.25) is 0 Å². The number of carboxylic acids is 1. The average molecular weight is 443 g/mol. The Balaban J connectivity index is 1.80. The SMILES string of the molecule is NCCCc1c(C(=O)O)[nH]c2ccc(C(=O)Nc3nc(C(=O)CCC(N)=O)cs3)cc12. The van der Waals surface area contributed by atoms with Crippen molar-refractivity contribution in [1.29, 1.82) is 0 Å². The van der Waals surface area contributed by atoms with Crippen LogP contribution in [0.4, 0.5) is 5.13 Å². The summed E-state index contributed by atoms with van der Waals surface area (Å²) in [6.07, 6.45) is 0.954. The molecular formula is C20H21N5O5S. The maximum Gasteiger partial charge on any atom is 0.352 e. The average Bonchev–Trinajstić information content (AvgIpc) is 3.34. The number of primary amides is 1. The lowest BCUT2D eigenvalue weighted by molar-refractivity contribution is -0.118. The number of hydrogen-bond acceptors (Lipinski definition) is 7. The number of ketones is 1. The third kappa shape index (κ3) is 5.13. The van der Waals surface area contributed by atoms with Crippen LogP contribution in [-0.2, 0) is 11.2 Å². The smallest absolute Gasteiger partial charge is 0.352 e. The molecule has 0 fully saturated rings. The number of hydrogen-bond donors (Lipinski definition) is 5. The number of carbonyl (C=O) groups excluding carboxylic acids is 3. The summed E-state index contributed by atoms with van der Waals surface area (Å²) in [5.41, 5.74) is 12.4. The fourth-order valence-electron chi connectivity index (χ4n) is 3.10. The normalized spacial score (nSPS) is 10.9. The first-order chi connectivity index (χ1) is 14.8. The van der Waals surface area contributed by atoms with Gasteiger partial charge in [0.15, 0.2) is 10.9 Å². The molecule has 0 bridgehead atoms. The Bertz CT molecular complexity index is 1170. The Morgan fingerprint density at radius 3 is 2.65 bits per heavy atom. The van der Waals surface area contributed by atoms with E-state index < -0.39 is 17.8 Å². The van der Waals surface area contributed by atoms with Crippen LogP contribution in [0.15, 0.2) is 23.6 Å². The van der Waals surface area contributed by atoms with Crippen LogP contribution in [0.1, 0.15) is 56.2 Å². The van der Waals surface area contributed by atoms with Gasteiger partial charge in [0, 0.05) is 34.7 Å². The van der Waals surface area contributed by atoms with Crippen LogP contribution in [-0.4, -0.2) is 45.2 Å². The second-order valence-corrected chi connectivity index (χ2v) is 7.68. The number of aromatic nitrogens is 2. The van der Waals surface area contributed by atoms with Gasteiger partial charge in [0.1, 0.15) is 11.4 Å². The van der Waals surface area contributed by atoms with Crippen molar-refractivity contribution in [1.82, 2.24) is 9.97 Å². The van der Waals surface area contributed by atoms with E-state index in [0.29, 0.717) is 41.4 Å². The summed E-state index contributed by atoms with van der Waals surface area (Å²) in [6.45, 7) is 0.413. The number of rotatable bonds is 10. The van der Waals surface area contributed by atoms with Gasteiger partial charge in [0.05, 0.1) is 0 Å². The molecule has 0 atom stereocenters. The quantitative estimate of drug-likeness (QED) is 0.297. The molecule has 31 heavy (non-hydrogen) atoms. The number of thiazole rings is 1. The fraction of sp³-hybridized carbons (Fsp3) is 0.250. The molecule has 11 heteroatoms. The topological polar surface area (TPSA) is 181 Å².